The number of benzene rings is 3. The molecule has 0 saturated carbocycles. The van der Waals surface area contributed by atoms with E-state index in [1.165, 1.54) is 0 Å². The average molecular weight is 627 g/mol. The van der Waals surface area contributed by atoms with Crippen molar-refractivity contribution in [2.45, 2.75) is 49.8 Å². The summed E-state index contributed by atoms with van der Waals surface area (Å²) < 4.78 is 49.9. The van der Waals surface area contributed by atoms with E-state index >= 15 is 0 Å². The van der Waals surface area contributed by atoms with Crippen LogP contribution in [-0.4, -0.2) is 48.1 Å². The van der Waals surface area contributed by atoms with Crippen molar-refractivity contribution in [3.8, 4) is 11.5 Å². The quantitative estimate of drug-likeness (QED) is 0.361. The Morgan fingerprint density at radius 3 is 2.42 bits per heavy atom. The maximum atomic E-state index is 14.5. The number of halogens is 1. The van der Waals surface area contributed by atoms with E-state index in [1.54, 1.807) is 30.0 Å². The fourth-order valence-electron chi connectivity index (χ4n) is 6.98. The Morgan fingerprint density at radius 2 is 1.73 bits per heavy atom. The predicted octanol–water partition coefficient (Wildman–Crippen LogP) is 5.17. The zero-order valence-corrected chi connectivity index (χ0v) is 25.0. The van der Waals surface area contributed by atoms with Crippen LogP contribution in [0.4, 0.5) is 0 Å². The largest absolute Gasteiger partial charge is 0.744 e. The van der Waals surface area contributed by atoms with Gasteiger partial charge in [0.25, 0.3) is 0 Å². The summed E-state index contributed by atoms with van der Waals surface area (Å²) in [5.74, 6) is 0.417. The first-order chi connectivity index (χ1) is 18.9. The fraction of sp³-hybridized carbons (Fsp3) is 0.367. The number of hydrogen-bond acceptors (Lipinski definition) is 7. The van der Waals surface area contributed by atoms with Crippen LogP contribution in [0.25, 0.3) is 0 Å². The van der Waals surface area contributed by atoms with Gasteiger partial charge in [-0.05, 0) is 74.3 Å². The zero-order valence-electron chi connectivity index (χ0n) is 22.6. The van der Waals surface area contributed by atoms with Gasteiger partial charge in [0.15, 0.2) is 11.5 Å². The lowest BCUT2D eigenvalue weighted by Gasteiger charge is -2.41. The Morgan fingerprint density at radius 1 is 1.02 bits per heavy atom. The van der Waals surface area contributed by atoms with Crippen LogP contribution in [0.15, 0.2) is 70.0 Å². The molecule has 3 aliphatic rings. The van der Waals surface area contributed by atoms with Gasteiger partial charge in [0.05, 0.1) is 16.9 Å². The second kappa shape index (κ2) is 9.58. The Bertz CT molecular complexity index is 1610. The second-order valence-corrected chi connectivity index (χ2v) is 13.6. The third-order valence-electron chi connectivity index (χ3n) is 8.93. The van der Waals surface area contributed by atoms with Gasteiger partial charge in [-0.1, -0.05) is 52.3 Å². The molecular weight excluding hydrogens is 596 g/mol. The van der Waals surface area contributed by atoms with E-state index in [0.717, 1.165) is 15.6 Å². The van der Waals surface area contributed by atoms with Crippen LogP contribution in [0.2, 0.25) is 0 Å². The number of carbonyl (C=O) groups excluding carboxylic acids is 1. The van der Waals surface area contributed by atoms with Crippen LogP contribution in [0.1, 0.15) is 48.2 Å². The molecule has 6 rings (SSSR count). The molecule has 2 fully saturated rings. The van der Waals surface area contributed by atoms with Crippen LogP contribution >= 0.6 is 15.9 Å². The summed E-state index contributed by atoms with van der Waals surface area (Å²) >= 11 is 3.51. The fourth-order valence-corrected chi connectivity index (χ4v) is 8.18. The van der Waals surface area contributed by atoms with E-state index in [9.17, 15) is 17.8 Å². The molecule has 0 aromatic heterocycles. The zero-order chi connectivity index (χ0) is 28.6. The summed E-state index contributed by atoms with van der Waals surface area (Å²) in [6.45, 7) is 6.18. The molecule has 0 radical (unpaired) electrons. The molecule has 2 saturated heterocycles. The Kier molecular flexibility index (Phi) is 6.53. The minimum atomic E-state index is -4.82. The van der Waals surface area contributed by atoms with Crippen molar-refractivity contribution >= 4 is 32.0 Å². The number of hydrogen-bond donors (Lipinski definition) is 0. The number of nitrogens with zero attached hydrogens (tertiary/aromatic N) is 2. The lowest BCUT2D eigenvalue weighted by atomic mass is 9.76. The standard InChI is InChI=1S/C30H31BrN2O6S/c1-17-6-5-7-21(28(17)40(35,36)37)27-25-24(26(32(4)30(25,2)3)19-9-11-20(31)12-10-19)29(34)33(27)15-18-8-13-22-23(14-18)39-16-38-22/h5-14,24-27H,15-16H2,1-4H3,(H,35,36,37)/p-1. The van der Waals surface area contributed by atoms with E-state index < -0.39 is 27.6 Å². The molecule has 3 heterocycles. The van der Waals surface area contributed by atoms with Gasteiger partial charge < -0.3 is 18.9 Å². The lowest BCUT2D eigenvalue weighted by Crippen LogP contribution is -2.45. The molecule has 0 N–H and O–H groups in total. The topological polar surface area (TPSA) is 99.2 Å². The molecule has 0 aliphatic carbocycles. The Balaban J connectivity index is 1.53. The molecule has 8 nitrogen and oxygen atoms in total. The predicted molar refractivity (Wildman–Crippen MR) is 151 cm³/mol. The average Bonchev–Trinajstić information content (AvgIpc) is 3.52. The number of carbonyl (C=O) groups is 1. The molecule has 4 atom stereocenters. The van der Waals surface area contributed by atoms with E-state index in [0.29, 0.717) is 22.6 Å². The first-order valence-corrected chi connectivity index (χ1v) is 15.3. The van der Waals surface area contributed by atoms with E-state index in [-0.39, 0.29) is 36.1 Å². The molecule has 210 valence electrons. The highest BCUT2D eigenvalue weighted by Gasteiger charge is 2.64. The van der Waals surface area contributed by atoms with Crippen molar-refractivity contribution in [2.75, 3.05) is 13.8 Å². The first-order valence-electron chi connectivity index (χ1n) is 13.1. The van der Waals surface area contributed by atoms with Gasteiger partial charge in [-0.3, -0.25) is 9.69 Å². The SMILES string of the molecule is Cc1cccc(C2C3C(C(=O)N2Cc2ccc4c(c2)OCO4)C(c2ccc(Br)cc2)N(C)C3(C)C)c1S(=O)(=O)[O-]. The number of ether oxygens (including phenoxy) is 2. The maximum Gasteiger partial charge on any atom is 0.231 e. The molecule has 40 heavy (non-hydrogen) atoms. The number of rotatable bonds is 5. The molecule has 0 bridgehead atoms. The Hall–Kier alpha value is -2.92. The monoisotopic (exact) mass is 625 g/mol. The molecular formula is C30H30BrN2O6S-. The number of aryl methyl sites for hydroxylation is 1. The van der Waals surface area contributed by atoms with Crippen LogP contribution in [-0.2, 0) is 21.5 Å². The van der Waals surface area contributed by atoms with Gasteiger partial charge in [-0.15, -0.1) is 0 Å². The van der Waals surface area contributed by atoms with Crippen LogP contribution in [0, 0.1) is 18.8 Å². The van der Waals surface area contributed by atoms with Crippen LogP contribution < -0.4 is 9.47 Å². The molecule has 3 aromatic carbocycles. The summed E-state index contributed by atoms with van der Waals surface area (Å²) in [4.78, 5) is 18.3. The summed E-state index contributed by atoms with van der Waals surface area (Å²) in [7, 11) is -2.80. The van der Waals surface area contributed by atoms with Gasteiger partial charge in [0, 0.05) is 28.5 Å². The number of fused-ring (bicyclic) bond motifs is 2. The summed E-state index contributed by atoms with van der Waals surface area (Å²) in [5.41, 5.74) is 2.06. The third-order valence-corrected chi connectivity index (χ3v) is 10.5. The van der Waals surface area contributed by atoms with Gasteiger partial charge in [-0.25, -0.2) is 8.42 Å². The molecule has 4 unspecified atom stereocenters. The Labute approximate surface area is 242 Å². The number of amides is 1. The van der Waals surface area contributed by atoms with Crippen molar-refractivity contribution < 1.29 is 27.2 Å². The van der Waals surface area contributed by atoms with Crippen molar-refractivity contribution in [1.29, 1.82) is 0 Å². The van der Waals surface area contributed by atoms with Gasteiger partial charge in [0.1, 0.15) is 10.1 Å². The summed E-state index contributed by atoms with van der Waals surface area (Å²) in [6.07, 6.45) is 0. The highest BCUT2D eigenvalue weighted by molar-refractivity contribution is 9.10. The van der Waals surface area contributed by atoms with Gasteiger partial charge >= 0.3 is 0 Å². The van der Waals surface area contributed by atoms with E-state index in [1.807, 2.05) is 49.5 Å². The molecule has 0 spiro atoms. The van der Waals surface area contributed by atoms with Gasteiger partial charge in [-0.2, -0.15) is 0 Å². The summed E-state index contributed by atoms with van der Waals surface area (Å²) in [5, 5.41) is 0. The van der Waals surface area contributed by atoms with Crippen molar-refractivity contribution in [1.82, 2.24) is 9.80 Å². The van der Waals surface area contributed by atoms with Crippen LogP contribution in [0.3, 0.4) is 0 Å². The summed E-state index contributed by atoms with van der Waals surface area (Å²) in [6, 6.07) is 17.7. The van der Waals surface area contributed by atoms with Crippen molar-refractivity contribution in [2.24, 2.45) is 11.8 Å². The minimum absolute atomic E-state index is 0.0752. The molecule has 3 aliphatic heterocycles. The normalized spacial score (nSPS) is 25.4. The van der Waals surface area contributed by atoms with Gasteiger partial charge in [0.2, 0.25) is 12.7 Å². The van der Waals surface area contributed by atoms with Crippen LogP contribution in [0.5, 0.6) is 11.5 Å². The van der Waals surface area contributed by atoms with Crippen molar-refractivity contribution in [3.63, 3.8) is 0 Å². The smallest absolute Gasteiger partial charge is 0.231 e. The first kappa shape index (κ1) is 27.3. The number of likely N-dealkylation sites (tertiary alicyclic amines) is 2. The van der Waals surface area contributed by atoms with Crippen molar-refractivity contribution in [3.05, 3.63) is 87.4 Å². The minimum Gasteiger partial charge on any atom is -0.744 e. The molecule has 3 aromatic rings. The highest BCUT2D eigenvalue weighted by Crippen LogP contribution is 2.61. The lowest BCUT2D eigenvalue weighted by molar-refractivity contribution is -0.134. The highest BCUT2D eigenvalue weighted by atomic mass is 79.9. The second-order valence-electron chi connectivity index (χ2n) is 11.4. The third kappa shape index (κ3) is 4.24. The molecule has 1 amide bonds. The maximum absolute atomic E-state index is 14.5. The van der Waals surface area contributed by atoms with E-state index in [2.05, 4.69) is 34.7 Å². The van der Waals surface area contributed by atoms with E-state index in [4.69, 9.17) is 9.47 Å². The molecule has 10 heteroatoms.